The van der Waals surface area contributed by atoms with Gasteiger partial charge in [-0.1, -0.05) is 54.9 Å². The summed E-state index contributed by atoms with van der Waals surface area (Å²) in [6.45, 7) is 5.98. The molecule has 2 unspecified atom stereocenters. The van der Waals surface area contributed by atoms with Gasteiger partial charge in [-0.05, 0) is 78.3 Å². The topological polar surface area (TPSA) is 73.6 Å². The molecule has 0 aliphatic carbocycles. The average molecular weight is 611 g/mol. The Morgan fingerprint density at radius 3 is 2.62 bits per heavy atom. The van der Waals surface area contributed by atoms with Crippen LogP contribution in [-0.4, -0.2) is 20.5 Å². The first-order valence-electron chi connectivity index (χ1n) is 10.9. The second-order valence-electron chi connectivity index (χ2n) is 8.12. The molecule has 4 aromatic rings. The van der Waals surface area contributed by atoms with Gasteiger partial charge in [0.2, 0.25) is 0 Å². The summed E-state index contributed by atoms with van der Waals surface area (Å²) in [5.74, 6) is 0.396. The summed E-state index contributed by atoms with van der Waals surface area (Å²) in [4.78, 5) is 15.3. The number of aromatic nitrogens is 2. The van der Waals surface area contributed by atoms with E-state index in [9.17, 15) is 9.46 Å². The van der Waals surface area contributed by atoms with E-state index in [1.54, 1.807) is 32.0 Å². The molecule has 1 heterocycles. The van der Waals surface area contributed by atoms with Crippen molar-refractivity contribution in [2.45, 2.75) is 39.8 Å². The van der Waals surface area contributed by atoms with Crippen LogP contribution in [0.15, 0.2) is 60.7 Å². The molecule has 4 rings (SSSR count). The van der Waals surface area contributed by atoms with Crippen molar-refractivity contribution in [1.29, 1.82) is 0 Å². The molecule has 0 radical (unpaired) electrons. The highest BCUT2D eigenvalue weighted by atomic mass is 127. The van der Waals surface area contributed by atoms with Gasteiger partial charge in [0.15, 0.2) is 0 Å². The zero-order chi connectivity index (χ0) is 24.5. The molecule has 0 spiro atoms. The van der Waals surface area contributed by atoms with Crippen LogP contribution in [0, 0.1) is 10.5 Å². The fraction of sp³-hybridized carbons (Fsp3) is 0.240. The average Bonchev–Trinajstić information content (AvgIpc) is 3.11. The molecule has 178 valence electrons. The van der Waals surface area contributed by atoms with Gasteiger partial charge in [-0.25, -0.2) is 0 Å². The van der Waals surface area contributed by atoms with Gasteiger partial charge in [0.05, 0.1) is 34.0 Å². The van der Waals surface area contributed by atoms with Crippen molar-refractivity contribution in [3.63, 3.8) is 0 Å². The van der Waals surface area contributed by atoms with Crippen molar-refractivity contribution in [3.05, 3.63) is 80.4 Å². The fourth-order valence-electron chi connectivity index (χ4n) is 3.53. The molecule has 34 heavy (non-hydrogen) atoms. The number of aryl methyl sites for hydroxylation is 1. The van der Waals surface area contributed by atoms with E-state index in [1.807, 2.05) is 54.0 Å². The second kappa shape index (κ2) is 10.4. The molecule has 0 amide bonds. The maximum atomic E-state index is 13.0. The summed E-state index contributed by atoms with van der Waals surface area (Å²) >= 11 is 8.59. The van der Waals surface area contributed by atoms with Gasteiger partial charge in [-0.3, -0.25) is 9.13 Å². The number of halogens is 2. The van der Waals surface area contributed by atoms with Crippen molar-refractivity contribution >= 4 is 58.1 Å². The van der Waals surface area contributed by atoms with Crippen LogP contribution >= 0.6 is 41.8 Å². The lowest BCUT2D eigenvalue weighted by Crippen LogP contribution is -2.15. The van der Waals surface area contributed by atoms with E-state index in [-0.39, 0.29) is 11.4 Å². The Morgan fingerprint density at radius 2 is 1.91 bits per heavy atom. The Hall–Kier alpha value is -1.90. The highest BCUT2D eigenvalue weighted by molar-refractivity contribution is 14.1. The molecule has 2 atom stereocenters. The lowest BCUT2D eigenvalue weighted by Gasteiger charge is -2.19. The Morgan fingerprint density at radius 1 is 1.18 bits per heavy atom. The van der Waals surface area contributed by atoms with Crippen molar-refractivity contribution < 1.29 is 18.7 Å². The third-order valence-corrected chi connectivity index (χ3v) is 8.79. The van der Waals surface area contributed by atoms with Gasteiger partial charge < -0.3 is 14.2 Å². The molecule has 0 aliphatic heterocycles. The monoisotopic (exact) mass is 610 g/mol. The van der Waals surface area contributed by atoms with Gasteiger partial charge in [-0.2, -0.15) is 4.98 Å². The molecule has 1 N–H and O–H groups in total. The molecule has 6 nitrogen and oxygen atoms in total. The lowest BCUT2D eigenvalue weighted by atomic mass is 10.2. The zero-order valence-corrected chi connectivity index (χ0v) is 22.8. The number of hydrogen-bond acceptors (Lipinski definition) is 4. The van der Waals surface area contributed by atoms with Crippen molar-refractivity contribution in [2.24, 2.45) is 0 Å². The van der Waals surface area contributed by atoms with E-state index < -0.39 is 7.60 Å². The summed E-state index contributed by atoms with van der Waals surface area (Å²) in [5.41, 5.74) is 3.32. The van der Waals surface area contributed by atoms with Gasteiger partial charge in [0, 0.05) is 3.57 Å². The standard InChI is InChI=1S/C25H25ClIN2O4P/c1-4-17(3)33-34(30,31)24-12-19(11-10-16(24)2)32-25-28-22-14-21(27)20(26)13-23(22)29(25)15-18-8-6-5-7-9-18/h5-14,17H,4,15H2,1-3H3,(H,30,31). The summed E-state index contributed by atoms with van der Waals surface area (Å²) in [6, 6.07) is 19.2. The van der Waals surface area contributed by atoms with E-state index >= 15 is 0 Å². The van der Waals surface area contributed by atoms with Crippen molar-refractivity contribution in [1.82, 2.24) is 9.55 Å². The van der Waals surface area contributed by atoms with Crippen LogP contribution in [0.4, 0.5) is 0 Å². The molecule has 0 saturated carbocycles. The minimum atomic E-state index is -4.02. The number of ether oxygens (including phenoxy) is 1. The first-order chi connectivity index (χ1) is 16.2. The highest BCUT2D eigenvalue weighted by Gasteiger charge is 2.28. The molecule has 0 aliphatic rings. The Balaban J connectivity index is 1.76. The smallest absolute Gasteiger partial charge is 0.359 e. The predicted molar refractivity (Wildman–Crippen MR) is 145 cm³/mol. The highest BCUT2D eigenvalue weighted by Crippen LogP contribution is 2.44. The van der Waals surface area contributed by atoms with E-state index in [0.717, 1.165) is 20.2 Å². The van der Waals surface area contributed by atoms with E-state index in [0.29, 0.717) is 35.3 Å². The van der Waals surface area contributed by atoms with Crippen molar-refractivity contribution in [2.75, 3.05) is 0 Å². The first-order valence-corrected chi connectivity index (χ1v) is 13.9. The minimum Gasteiger partial charge on any atom is -0.425 e. The van der Waals surface area contributed by atoms with Crippen LogP contribution in [0.5, 0.6) is 11.8 Å². The number of nitrogens with zero attached hydrogens (tertiary/aromatic N) is 2. The molecule has 0 saturated heterocycles. The molecule has 0 bridgehead atoms. The SMILES string of the molecule is CCC(C)OP(=O)(O)c1cc(Oc2nc3cc(I)c(Cl)cc3n2Cc2ccccc2)ccc1C. The van der Waals surface area contributed by atoms with Gasteiger partial charge in [0.1, 0.15) is 5.75 Å². The van der Waals surface area contributed by atoms with E-state index in [2.05, 4.69) is 22.6 Å². The van der Waals surface area contributed by atoms with Gasteiger partial charge in [-0.15, -0.1) is 0 Å². The summed E-state index contributed by atoms with van der Waals surface area (Å²) in [5, 5.41) is 0.850. The first kappa shape index (κ1) is 25.2. The van der Waals surface area contributed by atoms with Gasteiger partial charge >= 0.3 is 13.6 Å². The largest absolute Gasteiger partial charge is 0.425 e. The number of benzene rings is 3. The third kappa shape index (κ3) is 5.50. The van der Waals surface area contributed by atoms with Crippen LogP contribution < -0.4 is 10.0 Å². The van der Waals surface area contributed by atoms with E-state index in [4.69, 9.17) is 25.8 Å². The fourth-order valence-corrected chi connectivity index (χ4v) is 5.70. The van der Waals surface area contributed by atoms with Crippen LogP contribution in [0.3, 0.4) is 0 Å². The van der Waals surface area contributed by atoms with Crippen molar-refractivity contribution in [3.8, 4) is 11.8 Å². The quantitative estimate of drug-likeness (QED) is 0.171. The molecular formula is C25H25ClIN2O4P. The van der Waals surface area contributed by atoms with E-state index in [1.165, 1.54) is 0 Å². The maximum absolute atomic E-state index is 13.0. The predicted octanol–water partition coefficient (Wildman–Crippen LogP) is 7.07. The normalized spacial score (nSPS) is 14.2. The van der Waals surface area contributed by atoms with Crippen LogP contribution in [0.1, 0.15) is 31.4 Å². The molecular weight excluding hydrogens is 586 g/mol. The number of rotatable bonds is 8. The Labute approximate surface area is 217 Å². The minimum absolute atomic E-state index is 0.216. The second-order valence-corrected chi connectivity index (χ2v) is 11.4. The molecule has 3 aromatic carbocycles. The molecule has 0 fully saturated rings. The molecule has 9 heteroatoms. The maximum Gasteiger partial charge on any atom is 0.359 e. The molecule has 1 aromatic heterocycles. The van der Waals surface area contributed by atoms with Crippen LogP contribution in [-0.2, 0) is 15.6 Å². The third-order valence-electron chi connectivity index (χ3n) is 5.53. The summed E-state index contributed by atoms with van der Waals surface area (Å²) < 4.78 is 27.5. The Bertz CT molecular complexity index is 1380. The van der Waals surface area contributed by atoms with Crippen LogP contribution in [0.2, 0.25) is 5.02 Å². The number of imidazole rings is 1. The number of fused-ring (bicyclic) bond motifs is 1. The number of hydrogen-bond donors (Lipinski definition) is 1. The zero-order valence-electron chi connectivity index (χ0n) is 19.0. The van der Waals surface area contributed by atoms with Gasteiger partial charge in [0.25, 0.3) is 0 Å². The lowest BCUT2D eigenvalue weighted by molar-refractivity contribution is 0.192. The van der Waals surface area contributed by atoms with Crippen LogP contribution in [0.25, 0.3) is 11.0 Å². The summed E-state index contributed by atoms with van der Waals surface area (Å²) in [6.07, 6.45) is 0.284. The summed E-state index contributed by atoms with van der Waals surface area (Å²) in [7, 11) is -4.02. The Kier molecular flexibility index (Phi) is 7.69.